The first-order chi connectivity index (χ1) is 6.27. The van der Waals surface area contributed by atoms with Crippen molar-refractivity contribution in [2.24, 2.45) is 4.99 Å². The molecule has 13 heavy (non-hydrogen) atoms. The number of nitrogens with zero attached hydrogens (tertiary/aromatic N) is 2. The van der Waals surface area contributed by atoms with E-state index in [1.807, 2.05) is 11.8 Å². The molecule has 4 heteroatoms. The Balaban J connectivity index is 2.28. The van der Waals surface area contributed by atoms with Crippen molar-refractivity contribution in [2.75, 3.05) is 25.5 Å². The van der Waals surface area contributed by atoms with E-state index in [9.17, 15) is 0 Å². The Kier molecular flexibility index (Phi) is 5.17. The number of alkyl halides is 1. The van der Waals surface area contributed by atoms with E-state index in [0.717, 1.165) is 18.4 Å². The van der Waals surface area contributed by atoms with Crippen LogP contribution in [0.3, 0.4) is 0 Å². The monoisotopic (exact) mass is 264 g/mol. The molecule has 0 saturated carbocycles. The van der Waals surface area contributed by atoms with Gasteiger partial charge in [-0.3, -0.25) is 4.99 Å². The lowest BCUT2D eigenvalue weighted by molar-refractivity contribution is 0.492. The summed E-state index contributed by atoms with van der Waals surface area (Å²) in [5, 5.41) is 2.92. The third-order valence-electron chi connectivity index (χ3n) is 2.05. The minimum Gasteiger partial charge on any atom is -0.355 e. The standard InChI is InChI=1S/C9H17BrN2S/c1-3-4-5-12(2)9-11-7-8(6-10)13-9/h8H,3-7H2,1-2H3. The first-order valence-electron chi connectivity index (χ1n) is 4.76. The molecule has 1 unspecified atom stereocenters. The van der Waals surface area contributed by atoms with E-state index in [2.05, 4.69) is 39.8 Å². The third kappa shape index (κ3) is 3.50. The highest BCUT2D eigenvalue weighted by Gasteiger charge is 2.20. The Morgan fingerprint density at radius 3 is 3.00 bits per heavy atom. The lowest BCUT2D eigenvalue weighted by Crippen LogP contribution is -2.24. The van der Waals surface area contributed by atoms with Crippen LogP contribution < -0.4 is 0 Å². The predicted molar refractivity (Wildman–Crippen MR) is 65.0 cm³/mol. The maximum absolute atomic E-state index is 4.52. The topological polar surface area (TPSA) is 15.6 Å². The number of hydrogen-bond donors (Lipinski definition) is 0. The van der Waals surface area contributed by atoms with Crippen LogP contribution in [0.4, 0.5) is 0 Å². The van der Waals surface area contributed by atoms with Gasteiger partial charge in [-0.2, -0.15) is 0 Å². The van der Waals surface area contributed by atoms with Crippen LogP contribution in [-0.4, -0.2) is 40.8 Å². The average molecular weight is 265 g/mol. The Labute approximate surface area is 93.3 Å². The van der Waals surface area contributed by atoms with Crippen LogP contribution >= 0.6 is 27.7 Å². The highest BCUT2D eigenvalue weighted by atomic mass is 79.9. The Morgan fingerprint density at radius 2 is 2.46 bits per heavy atom. The molecular weight excluding hydrogens is 248 g/mol. The highest BCUT2D eigenvalue weighted by Crippen LogP contribution is 2.24. The molecule has 0 saturated heterocycles. The second kappa shape index (κ2) is 5.91. The smallest absolute Gasteiger partial charge is 0.159 e. The molecule has 0 aromatic rings. The summed E-state index contributed by atoms with van der Waals surface area (Å²) in [5.74, 6) is 0. The zero-order valence-electron chi connectivity index (χ0n) is 8.29. The van der Waals surface area contributed by atoms with Gasteiger partial charge >= 0.3 is 0 Å². The van der Waals surface area contributed by atoms with Crippen LogP contribution in [0.15, 0.2) is 4.99 Å². The average Bonchev–Trinajstić information content (AvgIpc) is 2.62. The fourth-order valence-corrected chi connectivity index (χ4v) is 2.72. The lowest BCUT2D eigenvalue weighted by atomic mass is 10.3. The van der Waals surface area contributed by atoms with E-state index in [1.165, 1.54) is 18.0 Å². The summed E-state index contributed by atoms with van der Waals surface area (Å²) >= 11 is 5.39. The zero-order valence-corrected chi connectivity index (χ0v) is 10.7. The second-order valence-electron chi connectivity index (χ2n) is 3.29. The largest absolute Gasteiger partial charge is 0.355 e. The van der Waals surface area contributed by atoms with Crippen molar-refractivity contribution in [3.8, 4) is 0 Å². The van der Waals surface area contributed by atoms with Gasteiger partial charge in [0.15, 0.2) is 5.17 Å². The van der Waals surface area contributed by atoms with Crippen molar-refractivity contribution in [1.82, 2.24) is 4.90 Å². The first kappa shape index (κ1) is 11.4. The van der Waals surface area contributed by atoms with E-state index in [0.29, 0.717) is 5.25 Å². The van der Waals surface area contributed by atoms with Crippen LogP contribution in [-0.2, 0) is 0 Å². The molecule has 0 aromatic heterocycles. The minimum atomic E-state index is 0.652. The van der Waals surface area contributed by atoms with Crippen LogP contribution in [0.25, 0.3) is 0 Å². The molecule has 0 spiro atoms. The van der Waals surface area contributed by atoms with Gasteiger partial charge < -0.3 is 4.90 Å². The number of thioether (sulfide) groups is 1. The number of hydrogen-bond acceptors (Lipinski definition) is 3. The van der Waals surface area contributed by atoms with Crippen molar-refractivity contribution < 1.29 is 0 Å². The fourth-order valence-electron chi connectivity index (χ4n) is 1.19. The van der Waals surface area contributed by atoms with Crippen molar-refractivity contribution in [1.29, 1.82) is 0 Å². The predicted octanol–water partition coefficient (Wildman–Crippen LogP) is 2.58. The lowest BCUT2D eigenvalue weighted by Gasteiger charge is -2.18. The van der Waals surface area contributed by atoms with Gasteiger partial charge in [0, 0.05) is 24.2 Å². The molecule has 0 N–H and O–H groups in total. The van der Waals surface area contributed by atoms with E-state index in [-0.39, 0.29) is 0 Å². The van der Waals surface area contributed by atoms with Gasteiger partial charge in [0.1, 0.15) is 0 Å². The summed E-state index contributed by atoms with van der Waals surface area (Å²) < 4.78 is 0. The Bertz CT molecular complexity index is 184. The first-order valence-corrected chi connectivity index (χ1v) is 6.76. The van der Waals surface area contributed by atoms with Crippen molar-refractivity contribution in [2.45, 2.75) is 25.0 Å². The molecule has 1 atom stereocenters. The molecule has 1 aliphatic rings. The molecule has 0 radical (unpaired) electrons. The summed E-state index contributed by atoms with van der Waals surface area (Å²) in [6.07, 6.45) is 2.51. The molecule has 0 fully saturated rings. The summed E-state index contributed by atoms with van der Waals surface area (Å²) in [5.41, 5.74) is 0. The number of unbranched alkanes of at least 4 members (excludes halogenated alkanes) is 1. The molecule has 76 valence electrons. The maximum atomic E-state index is 4.52. The van der Waals surface area contributed by atoms with Gasteiger partial charge in [0.2, 0.25) is 0 Å². The van der Waals surface area contributed by atoms with Crippen LogP contribution in [0.1, 0.15) is 19.8 Å². The molecule has 2 nitrogen and oxygen atoms in total. The maximum Gasteiger partial charge on any atom is 0.159 e. The van der Waals surface area contributed by atoms with Crippen molar-refractivity contribution >= 4 is 32.9 Å². The van der Waals surface area contributed by atoms with Gasteiger partial charge in [-0.15, -0.1) is 0 Å². The quantitative estimate of drug-likeness (QED) is 0.726. The molecule has 1 aliphatic heterocycles. The van der Waals surface area contributed by atoms with Crippen LogP contribution in [0.5, 0.6) is 0 Å². The van der Waals surface area contributed by atoms with Gasteiger partial charge in [-0.05, 0) is 6.42 Å². The second-order valence-corrected chi connectivity index (χ2v) is 5.21. The minimum absolute atomic E-state index is 0.652. The van der Waals surface area contributed by atoms with E-state index in [4.69, 9.17) is 0 Å². The van der Waals surface area contributed by atoms with Gasteiger partial charge in [0.05, 0.1) is 6.54 Å². The van der Waals surface area contributed by atoms with E-state index >= 15 is 0 Å². The van der Waals surface area contributed by atoms with Crippen molar-refractivity contribution in [3.63, 3.8) is 0 Å². The molecule has 1 heterocycles. The molecular formula is C9H17BrN2S. The molecule has 0 bridgehead atoms. The van der Waals surface area contributed by atoms with E-state index < -0.39 is 0 Å². The number of rotatable bonds is 4. The number of halogens is 1. The summed E-state index contributed by atoms with van der Waals surface area (Å²) in [6.45, 7) is 4.33. The SMILES string of the molecule is CCCCN(C)C1=NCC(CBr)S1. The summed E-state index contributed by atoms with van der Waals surface area (Å²) in [6, 6.07) is 0. The molecule has 0 aromatic carbocycles. The fraction of sp³-hybridized carbons (Fsp3) is 0.889. The highest BCUT2D eigenvalue weighted by molar-refractivity contribution is 9.09. The molecule has 1 rings (SSSR count). The van der Waals surface area contributed by atoms with Crippen molar-refractivity contribution in [3.05, 3.63) is 0 Å². The van der Waals surface area contributed by atoms with E-state index in [1.54, 1.807) is 0 Å². The summed E-state index contributed by atoms with van der Waals surface area (Å²) in [7, 11) is 2.14. The molecule has 0 amide bonds. The molecule has 0 aliphatic carbocycles. The normalized spacial score (nSPS) is 21.8. The van der Waals surface area contributed by atoms with Crippen LogP contribution in [0, 0.1) is 0 Å². The Morgan fingerprint density at radius 1 is 1.69 bits per heavy atom. The van der Waals surface area contributed by atoms with Crippen LogP contribution in [0.2, 0.25) is 0 Å². The van der Waals surface area contributed by atoms with Gasteiger partial charge in [-0.1, -0.05) is 41.0 Å². The Hall–Kier alpha value is 0.300. The summed E-state index contributed by atoms with van der Waals surface area (Å²) in [4.78, 5) is 6.79. The number of aliphatic imine (C=N–C) groups is 1. The number of amidine groups is 1. The zero-order chi connectivity index (χ0) is 9.68. The third-order valence-corrected chi connectivity index (χ3v) is 4.56. The van der Waals surface area contributed by atoms with Gasteiger partial charge in [0.25, 0.3) is 0 Å². The van der Waals surface area contributed by atoms with Gasteiger partial charge in [-0.25, -0.2) is 0 Å².